The first-order chi connectivity index (χ1) is 8.29. The van der Waals surface area contributed by atoms with Crippen molar-refractivity contribution in [1.29, 1.82) is 0 Å². The number of nitrogens with zero attached hydrogens (tertiary/aromatic N) is 1. The molecule has 0 aromatic rings. The van der Waals surface area contributed by atoms with E-state index in [1.165, 1.54) is 38.6 Å². The van der Waals surface area contributed by atoms with Crippen molar-refractivity contribution in [2.24, 2.45) is 5.92 Å². The first-order valence-corrected chi connectivity index (χ1v) is 7.33. The molecule has 2 aliphatic rings. The van der Waals surface area contributed by atoms with Crippen LogP contribution in [-0.2, 0) is 4.74 Å². The van der Waals surface area contributed by atoms with E-state index in [4.69, 9.17) is 4.74 Å². The highest BCUT2D eigenvalue weighted by atomic mass is 16.5. The third-order valence-corrected chi connectivity index (χ3v) is 3.90. The van der Waals surface area contributed by atoms with E-state index in [1.807, 2.05) is 0 Å². The summed E-state index contributed by atoms with van der Waals surface area (Å²) in [7, 11) is 2.24. The van der Waals surface area contributed by atoms with E-state index < -0.39 is 0 Å². The predicted molar refractivity (Wildman–Crippen MR) is 71.3 cm³/mol. The Kier molecular flexibility index (Phi) is 5.26. The summed E-state index contributed by atoms with van der Waals surface area (Å²) in [4.78, 5) is 2.46. The Morgan fingerprint density at radius 3 is 2.76 bits per heavy atom. The van der Waals surface area contributed by atoms with Crippen molar-refractivity contribution in [2.45, 2.75) is 51.2 Å². The number of hydrogen-bond acceptors (Lipinski definition) is 3. The van der Waals surface area contributed by atoms with Crippen molar-refractivity contribution in [3.05, 3.63) is 0 Å². The van der Waals surface area contributed by atoms with Gasteiger partial charge in [0.25, 0.3) is 0 Å². The molecule has 0 bridgehead atoms. The van der Waals surface area contributed by atoms with Gasteiger partial charge >= 0.3 is 0 Å². The molecule has 1 saturated heterocycles. The molecule has 3 heteroatoms. The summed E-state index contributed by atoms with van der Waals surface area (Å²) in [5.41, 5.74) is 0. The summed E-state index contributed by atoms with van der Waals surface area (Å²) in [6, 6.07) is 0.710. The summed E-state index contributed by atoms with van der Waals surface area (Å²) in [6.45, 7) is 6.67. The van der Waals surface area contributed by atoms with Crippen molar-refractivity contribution in [2.75, 3.05) is 33.3 Å². The number of nitrogens with one attached hydrogen (secondary N) is 1. The molecule has 0 radical (unpaired) electrons. The Hall–Kier alpha value is -0.120. The van der Waals surface area contributed by atoms with E-state index in [0.717, 1.165) is 25.6 Å². The molecular formula is C14H28N2O. The van der Waals surface area contributed by atoms with Crippen LogP contribution in [0.15, 0.2) is 0 Å². The van der Waals surface area contributed by atoms with Crippen LogP contribution in [0.1, 0.15) is 39.0 Å². The molecule has 0 amide bonds. The van der Waals surface area contributed by atoms with Gasteiger partial charge in [-0.15, -0.1) is 0 Å². The second-order valence-electron chi connectivity index (χ2n) is 5.75. The van der Waals surface area contributed by atoms with Gasteiger partial charge in [0, 0.05) is 25.7 Å². The molecule has 100 valence electrons. The van der Waals surface area contributed by atoms with Crippen LogP contribution in [0.25, 0.3) is 0 Å². The number of hydrogen-bond donors (Lipinski definition) is 1. The summed E-state index contributed by atoms with van der Waals surface area (Å²) in [5.74, 6) is 0.938. The van der Waals surface area contributed by atoms with Crippen molar-refractivity contribution in [3.8, 4) is 0 Å². The fraction of sp³-hybridized carbons (Fsp3) is 1.00. The molecule has 3 nitrogen and oxygen atoms in total. The van der Waals surface area contributed by atoms with Gasteiger partial charge in [0.15, 0.2) is 0 Å². The van der Waals surface area contributed by atoms with E-state index in [2.05, 4.69) is 24.2 Å². The first-order valence-electron chi connectivity index (χ1n) is 7.33. The van der Waals surface area contributed by atoms with Crippen LogP contribution in [-0.4, -0.2) is 50.3 Å². The summed E-state index contributed by atoms with van der Waals surface area (Å²) in [5, 5.41) is 3.70. The quantitative estimate of drug-likeness (QED) is 0.701. The lowest BCUT2D eigenvalue weighted by Crippen LogP contribution is -2.43. The van der Waals surface area contributed by atoms with Crippen LogP contribution in [0.4, 0.5) is 0 Å². The second kappa shape index (κ2) is 6.72. The highest BCUT2D eigenvalue weighted by Crippen LogP contribution is 2.33. The molecule has 1 N–H and O–H groups in total. The Labute approximate surface area is 106 Å². The fourth-order valence-corrected chi connectivity index (χ4v) is 2.75. The normalized spacial score (nSPS) is 26.6. The van der Waals surface area contributed by atoms with Crippen LogP contribution in [0.2, 0.25) is 0 Å². The number of ether oxygens (including phenoxy) is 1. The summed E-state index contributed by atoms with van der Waals surface area (Å²) >= 11 is 0. The molecule has 17 heavy (non-hydrogen) atoms. The molecule has 2 fully saturated rings. The lowest BCUT2D eigenvalue weighted by atomic mass is 10.1. The molecular weight excluding hydrogens is 212 g/mol. The van der Waals surface area contributed by atoms with E-state index in [-0.39, 0.29) is 0 Å². The van der Waals surface area contributed by atoms with Gasteiger partial charge in [0.1, 0.15) is 0 Å². The average molecular weight is 240 g/mol. The van der Waals surface area contributed by atoms with Gasteiger partial charge in [-0.3, -0.25) is 0 Å². The van der Waals surface area contributed by atoms with Crippen LogP contribution >= 0.6 is 0 Å². The fourth-order valence-electron chi connectivity index (χ4n) is 2.75. The van der Waals surface area contributed by atoms with E-state index in [9.17, 15) is 0 Å². The zero-order valence-corrected chi connectivity index (χ0v) is 11.5. The second-order valence-corrected chi connectivity index (χ2v) is 5.75. The van der Waals surface area contributed by atoms with Gasteiger partial charge in [-0.05, 0) is 51.6 Å². The maximum atomic E-state index is 5.70. The van der Waals surface area contributed by atoms with Crippen LogP contribution in [0.5, 0.6) is 0 Å². The molecule has 0 aromatic carbocycles. The largest absolute Gasteiger partial charge is 0.377 e. The van der Waals surface area contributed by atoms with Crippen molar-refractivity contribution in [3.63, 3.8) is 0 Å². The molecule has 2 unspecified atom stereocenters. The Bertz CT molecular complexity index is 212. The standard InChI is InChI=1S/C14H28N2O/c1-3-8-15-14(12-6-7-12)11-16(2)10-13-5-4-9-17-13/h12-15H,3-11H2,1-2H3. The Morgan fingerprint density at radius 1 is 1.35 bits per heavy atom. The molecule has 1 aliphatic heterocycles. The zero-order valence-electron chi connectivity index (χ0n) is 11.5. The Balaban J connectivity index is 1.68. The van der Waals surface area contributed by atoms with E-state index in [0.29, 0.717) is 12.1 Å². The molecule has 0 spiro atoms. The van der Waals surface area contributed by atoms with Crippen LogP contribution in [0.3, 0.4) is 0 Å². The smallest absolute Gasteiger partial charge is 0.0702 e. The lowest BCUT2D eigenvalue weighted by Gasteiger charge is -2.26. The average Bonchev–Trinajstić information content (AvgIpc) is 3.04. The molecule has 2 atom stereocenters. The van der Waals surface area contributed by atoms with Crippen molar-refractivity contribution < 1.29 is 4.74 Å². The van der Waals surface area contributed by atoms with Gasteiger partial charge in [-0.2, -0.15) is 0 Å². The number of likely N-dealkylation sites (N-methyl/N-ethyl adjacent to an activating group) is 1. The maximum absolute atomic E-state index is 5.70. The third-order valence-electron chi connectivity index (χ3n) is 3.90. The predicted octanol–water partition coefficient (Wildman–Crippen LogP) is 1.88. The van der Waals surface area contributed by atoms with Gasteiger partial charge in [-0.1, -0.05) is 6.92 Å². The van der Waals surface area contributed by atoms with Gasteiger partial charge < -0.3 is 15.0 Å². The van der Waals surface area contributed by atoms with Crippen LogP contribution < -0.4 is 5.32 Å². The van der Waals surface area contributed by atoms with E-state index in [1.54, 1.807) is 0 Å². The highest BCUT2D eigenvalue weighted by molar-refractivity contribution is 4.88. The summed E-state index contributed by atoms with van der Waals surface area (Å²) in [6.07, 6.45) is 7.08. The summed E-state index contributed by atoms with van der Waals surface area (Å²) < 4.78 is 5.70. The molecule has 2 rings (SSSR count). The van der Waals surface area contributed by atoms with E-state index >= 15 is 0 Å². The SMILES string of the molecule is CCCNC(CN(C)CC1CCCO1)C1CC1. The van der Waals surface area contributed by atoms with Gasteiger partial charge in [-0.25, -0.2) is 0 Å². The molecule has 1 aliphatic carbocycles. The zero-order chi connectivity index (χ0) is 12.1. The topological polar surface area (TPSA) is 24.5 Å². The van der Waals surface area contributed by atoms with Crippen LogP contribution in [0, 0.1) is 5.92 Å². The molecule has 1 heterocycles. The minimum Gasteiger partial charge on any atom is -0.377 e. The van der Waals surface area contributed by atoms with Gasteiger partial charge in [0.05, 0.1) is 6.10 Å². The Morgan fingerprint density at radius 2 is 2.18 bits per heavy atom. The molecule has 1 saturated carbocycles. The number of rotatable bonds is 8. The van der Waals surface area contributed by atoms with Crippen molar-refractivity contribution >= 4 is 0 Å². The van der Waals surface area contributed by atoms with Crippen molar-refractivity contribution in [1.82, 2.24) is 10.2 Å². The minimum atomic E-state index is 0.492. The first kappa shape index (κ1) is 13.3. The monoisotopic (exact) mass is 240 g/mol. The third kappa shape index (κ3) is 4.57. The highest BCUT2D eigenvalue weighted by Gasteiger charge is 2.31. The maximum Gasteiger partial charge on any atom is 0.0702 e. The minimum absolute atomic E-state index is 0.492. The van der Waals surface area contributed by atoms with Gasteiger partial charge in [0.2, 0.25) is 0 Å². The molecule has 0 aromatic heterocycles. The lowest BCUT2D eigenvalue weighted by molar-refractivity contribution is 0.0776.